The number of hydrogen-bond acceptors (Lipinski definition) is 3. The maximum atomic E-state index is 10.1. The second-order valence-electron chi connectivity index (χ2n) is 4.67. The molecule has 1 atom stereocenters. The Morgan fingerprint density at radius 1 is 1.40 bits per heavy atom. The molecule has 0 fully saturated rings. The molecule has 0 aromatic carbocycles. The molecule has 0 aliphatic carbocycles. The van der Waals surface area contributed by atoms with Gasteiger partial charge in [-0.25, -0.2) is 9.97 Å². The van der Waals surface area contributed by atoms with Gasteiger partial charge in [0.2, 0.25) is 0 Å². The predicted octanol–water partition coefficient (Wildman–Crippen LogP) is 1.56. The normalized spacial score (nSPS) is 15.0. The molecule has 0 spiro atoms. The molecular formula is C11H16N2OSi. The summed E-state index contributed by atoms with van der Waals surface area (Å²) < 4.78 is 0. The van der Waals surface area contributed by atoms with E-state index in [1.165, 1.54) is 6.33 Å². The first kappa shape index (κ1) is 11.9. The standard InChI is InChI=1S/C11H16N2OSi/c1-11(14,6-8-15(2,3)4)10-5-7-12-9-13-10/h5,7,9,14H,1-4H3. The lowest BCUT2D eigenvalue weighted by molar-refractivity contribution is 0.117. The van der Waals surface area contributed by atoms with Crippen LogP contribution < -0.4 is 0 Å². The highest BCUT2D eigenvalue weighted by Crippen LogP contribution is 2.16. The average Bonchev–Trinajstić information content (AvgIpc) is 2.16. The molecule has 1 rings (SSSR count). The first-order valence-electron chi connectivity index (χ1n) is 4.84. The van der Waals surface area contributed by atoms with Crippen LogP contribution in [-0.4, -0.2) is 23.1 Å². The molecule has 3 nitrogen and oxygen atoms in total. The first-order valence-corrected chi connectivity index (χ1v) is 8.34. The van der Waals surface area contributed by atoms with Crippen LogP contribution in [0.2, 0.25) is 19.6 Å². The lowest BCUT2D eigenvalue weighted by Crippen LogP contribution is -2.23. The van der Waals surface area contributed by atoms with Gasteiger partial charge in [0, 0.05) is 6.20 Å². The Morgan fingerprint density at radius 3 is 2.53 bits per heavy atom. The van der Waals surface area contributed by atoms with Crippen LogP contribution in [0.15, 0.2) is 18.6 Å². The first-order chi connectivity index (χ1) is 6.81. The van der Waals surface area contributed by atoms with Crippen LogP contribution in [0.1, 0.15) is 12.6 Å². The van der Waals surface area contributed by atoms with E-state index in [-0.39, 0.29) is 0 Å². The molecule has 0 aliphatic rings. The third kappa shape index (κ3) is 3.82. The van der Waals surface area contributed by atoms with Crippen LogP contribution >= 0.6 is 0 Å². The summed E-state index contributed by atoms with van der Waals surface area (Å²) in [4.78, 5) is 7.81. The van der Waals surface area contributed by atoms with Gasteiger partial charge in [0.15, 0.2) is 5.60 Å². The van der Waals surface area contributed by atoms with Crippen molar-refractivity contribution in [1.82, 2.24) is 9.97 Å². The third-order valence-electron chi connectivity index (χ3n) is 1.76. The zero-order chi connectivity index (χ0) is 11.5. The fourth-order valence-electron chi connectivity index (χ4n) is 0.952. The van der Waals surface area contributed by atoms with E-state index in [2.05, 4.69) is 41.1 Å². The lowest BCUT2D eigenvalue weighted by atomic mass is 10.0. The van der Waals surface area contributed by atoms with Crippen molar-refractivity contribution in [2.45, 2.75) is 32.2 Å². The Kier molecular flexibility index (Phi) is 3.27. The van der Waals surface area contributed by atoms with Crippen molar-refractivity contribution >= 4 is 8.07 Å². The van der Waals surface area contributed by atoms with Gasteiger partial charge in [-0.2, -0.15) is 0 Å². The van der Waals surface area contributed by atoms with Gasteiger partial charge >= 0.3 is 0 Å². The average molecular weight is 220 g/mol. The predicted molar refractivity (Wildman–Crippen MR) is 62.7 cm³/mol. The van der Waals surface area contributed by atoms with Crippen LogP contribution in [0, 0.1) is 11.5 Å². The van der Waals surface area contributed by atoms with Crippen LogP contribution in [0.5, 0.6) is 0 Å². The summed E-state index contributed by atoms with van der Waals surface area (Å²) in [6, 6.07) is 1.68. The fraction of sp³-hybridized carbons (Fsp3) is 0.455. The smallest absolute Gasteiger partial charge is 0.164 e. The van der Waals surface area contributed by atoms with E-state index in [1.807, 2.05) is 0 Å². The lowest BCUT2D eigenvalue weighted by Gasteiger charge is -2.16. The van der Waals surface area contributed by atoms with Gasteiger partial charge in [0.1, 0.15) is 14.4 Å². The molecule has 0 radical (unpaired) electrons. The van der Waals surface area contributed by atoms with Crippen LogP contribution in [0.4, 0.5) is 0 Å². The summed E-state index contributed by atoms with van der Waals surface area (Å²) in [5.41, 5.74) is 2.51. The zero-order valence-corrected chi connectivity index (χ0v) is 10.6. The van der Waals surface area contributed by atoms with Gasteiger partial charge in [0.25, 0.3) is 0 Å². The highest BCUT2D eigenvalue weighted by Gasteiger charge is 2.22. The highest BCUT2D eigenvalue weighted by molar-refractivity contribution is 6.83. The van der Waals surface area contributed by atoms with Crippen LogP contribution in [0.3, 0.4) is 0 Å². The molecule has 0 bridgehead atoms. The monoisotopic (exact) mass is 220 g/mol. The summed E-state index contributed by atoms with van der Waals surface area (Å²) in [7, 11) is -1.46. The maximum absolute atomic E-state index is 10.1. The van der Waals surface area contributed by atoms with Gasteiger partial charge in [-0.05, 0) is 13.0 Å². The molecule has 4 heteroatoms. The Morgan fingerprint density at radius 2 is 2.07 bits per heavy atom. The van der Waals surface area contributed by atoms with E-state index in [4.69, 9.17) is 0 Å². The molecule has 0 saturated carbocycles. The second-order valence-corrected chi connectivity index (χ2v) is 9.42. The van der Waals surface area contributed by atoms with Crippen molar-refractivity contribution in [2.24, 2.45) is 0 Å². The van der Waals surface area contributed by atoms with Gasteiger partial charge in [-0.1, -0.05) is 25.6 Å². The van der Waals surface area contributed by atoms with Crippen molar-refractivity contribution in [1.29, 1.82) is 0 Å². The largest absolute Gasteiger partial charge is 0.372 e. The topological polar surface area (TPSA) is 46.0 Å². The Bertz CT molecular complexity index is 385. The van der Waals surface area contributed by atoms with Crippen molar-refractivity contribution in [3.05, 3.63) is 24.3 Å². The van der Waals surface area contributed by atoms with E-state index in [1.54, 1.807) is 19.2 Å². The summed E-state index contributed by atoms with van der Waals surface area (Å²) in [5.74, 6) is 2.89. The van der Waals surface area contributed by atoms with Crippen molar-refractivity contribution in [3.63, 3.8) is 0 Å². The minimum atomic E-state index is -1.46. The Hall–Kier alpha value is -1.18. The number of aliphatic hydroxyl groups is 1. The SMILES string of the molecule is CC(O)(C#C[Si](C)(C)C)c1ccncn1. The molecular weight excluding hydrogens is 204 g/mol. The molecule has 15 heavy (non-hydrogen) atoms. The molecule has 1 N–H and O–H groups in total. The Labute approximate surface area is 91.6 Å². The molecule has 1 aromatic heterocycles. The highest BCUT2D eigenvalue weighted by atomic mass is 28.3. The summed E-state index contributed by atoms with van der Waals surface area (Å²) in [6.45, 7) is 8.06. The molecule has 1 unspecified atom stereocenters. The quantitative estimate of drug-likeness (QED) is 0.577. The van der Waals surface area contributed by atoms with E-state index in [9.17, 15) is 5.11 Å². The number of hydrogen-bond donors (Lipinski definition) is 1. The maximum Gasteiger partial charge on any atom is 0.164 e. The molecule has 80 valence electrons. The van der Waals surface area contributed by atoms with Gasteiger partial charge < -0.3 is 5.11 Å². The van der Waals surface area contributed by atoms with Crippen LogP contribution in [0.25, 0.3) is 0 Å². The van der Waals surface area contributed by atoms with E-state index in [0.717, 1.165) is 0 Å². The molecule has 0 saturated heterocycles. The second kappa shape index (κ2) is 4.13. The van der Waals surface area contributed by atoms with E-state index in [0.29, 0.717) is 5.69 Å². The summed E-state index contributed by atoms with van der Waals surface area (Å²) >= 11 is 0. The third-order valence-corrected chi connectivity index (χ3v) is 2.64. The Balaban J connectivity index is 2.98. The van der Waals surface area contributed by atoms with E-state index < -0.39 is 13.7 Å². The minimum Gasteiger partial charge on any atom is -0.372 e. The van der Waals surface area contributed by atoms with Gasteiger partial charge in [-0.15, -0.1) is 5.54 Å². The molecule has 1 aromatic rings. The molecule has 0 aliphatic heterocycles. The van der Waals surface area contributed by atoms with Crippen molar-refractivity contribution in [3.8, 4) is 11.5 Å². The van der Waals surface area contributed by atoms with Gasteiger partial charge in [0.05, 0.1) is 5.69 Å². The minimum absolute atomic E-state index is 0.545. The van der Waals surface area contributed by atoms with Crippen molar-refractivity contribution < 1.29 is 5.11 Å². The van der Waals surface area contributed by atoms with Crippen LogP contribution in [-0.2, 0) is 5.60 Å². The van der Waals surface area contributed by atoms with E-state index >= 15 is 0 Å². The van der Waals surface area contributed by atoms with Crippen molar-refractivity contribution in [2.75, 3.05) is 0 Å². The zero-order valence-electron chi connectivity index (χ0n) is 9.57. The number of rotatable bonds is 1. The molecule has 1 heterocycles. The summed E-state index contributed by atoms with van der Waals surface area (Å²) in [5, 5.41) is 10.1. The summed E-state index contributed by atoms with van der Waals surface area (Å²) in [6.07, 6.45) is 3.02. The molecule has 0 amide bonds. The fourth-order valence-corrected chi connectivity index (χ4v) is 1.57. The number of nitrogens with zero attached hydrogens (tertiary/aromatic N) is 2. The van der Waals surface area contributed by atoms with Gasteiger partial charge in [-0.3, -0.25) is 0 Å². The number of aromatic nitrogens is 2.